The summed E-state index contributed by atoms with van der Waals surface area (Å²) in [7, 11) is 13.2. The first-order valence-corrected chi connectivity index (χ1v) is 9.01. The molecule has 0 radical (unpaired) electrons. The van der Waals surface area contributed by atoms with Gasteiger partial charge in [-0.2, -0.15) is 0 Å². The Kier molecular flexibility index (Phi) is 8.53. The van der Waals surface area contributed by atoms with Gasteiger partial charge in [0.25, 0.3) is 0 Å². The van der Waals surface area contributed by atoms with Gasteiger partial charge >= 0.3 is 0 Å². The van der Waals surface area contributed by atoms with Crippen LogP contribution in [0.4, 0.5) is 0 Å². The van der Waals surface area contributed by atoms with Gasteiger partial charge in [0.15, 0.2) is 6.60 Å². The van der Waals surface area contributed by atoms with Crippen LogP contribution in [0.2, 0.25) is 0 Å². The highest BCUT2D eigenvalue weighted by molar-refractivity contribution is 7.70. The molecular formula is C12H20B10. The van der Waals surface area contributed by atoms with Crippen LogP contribution in [0.15, 0.2) is 60.7 Å². The average Bonchev–Trinajstić information content (AvgIpc) is 2.59. The fraction of sp³-hybridized carbons (Fsp3) is 0. The molecule has 0 heterocycles. The lowest BCUT2D eigenvalue weighted by molar-refractivity contribution is 1.74. The second kappa shape index (κ2) is 10.8. The Morgan fingerprint density at radius 1 is 0.591 bits per heavy atom. The minimum absolute atomic E-state index is 0.554. The maximum atomic E-state index is 2.28. The molecular weight excluding hydrogens is 252 g/mol. The van der Waals surface area contributed by atoms with Crippen LogP contribution in [-0.4, -0.2) is 70.8 Å². The molecule has 10 heteroatoms. The lowest BCUT2D eigenvalue weighted by Crippen LogP contribution is -2.51. The molecule has 0 aliphatic heterocycles. The predicted molar refractivity (Wildman–Crippen MR) is 124 cm³/mol. The topological polar surface area (TPSA) is 0 Å². The van der Waals surface area contributed by atoms with E-state index in [-0.39, 0.29) is 0 Å². The molecule has 0 saturated heterocycles. The van der Waals surface area contributed by atoms with Gasteiger partial charge in [-0.05, 0) is 0 Å². The number of benzene rings is 2. The third-order valence-electron chi connectivity index (χ3n) is 4.50. The van der Waals surface area contributed by atoms with E-state index in [1.807, 2.05) is 0 Å². The zero-order valence-corrected chi connectivity index (χ0v) is 14.0. The Balaban J connectivity index is 1.87. The van der Waals surface area contributed by atoms with Crippen molar-refractivity contribution in [1.82, 2.24) is 0 Å². The summed E-state index contributed by atoms with van der Waals surface area (Å²) in [6.07, 6.45) is 0. The van der Waals surface area contributed by atoms with Gasteiger partial charge in [0, 0.05) is 49.4 Å². The van der Waals surface area contributed by atoms with Gasteiger partial charge in [-0.15, -0.1) is 0 Å². The van der Waals surface area contributed by atoms with Crippen molar-refractivity contribution in [2.24, 2.45) is 0 Å². The molecule has 0 spiro atoms. The van der Waals surface area contributed by atoms with Crippen LogP contribution < -0.4 is 10.9 Å². The van der Waals surface area contributed by atoms with Crippen LogP contribution in [0, 0.1) is 0 Å². The van der Waals surface area contributed by atoms with Gasteiger partial charge in [-0.3, -0.25) is 0 Å². The Bertz CT molecular complexity index is 468. The first kappa shape index (κ1) is 17.4. The van der Waals surface area contributed by atoms with Crippen molar-refractivity contribution < 1.29 is 0 Å². The van der Waals surface area contributed by atoms with Gasteiger partial charge < -0.3 is 0 Å². The van der Waals surface area contributed by atoms with Crippen LogP contribution in [0.25, 0.3) is 0 Å². The van der Waals surface area contributed by atoms with Gasteiger partial charge in [-0.1, -0.05) is 71.6 Å². The molecule has 0 bridgehead atoms. The van der Waals surface area contributed by atoms with Crippen molar-refractivity contribution in [2.45, 2.75) is 0 Å². The number of rotatable bonds is 10. The quantitative estimate of drug-likeness (QED) is 0.301. The van der Waals surface area contributed by atoms with Crippen LogP contribution in [0.3, 0.4) is 0 Å². The third kappa shape index (κ3) is 6.07. The zero-order valence-electron chi connectivity index (χ0n) is 14.0. The lowest BCUT2D eigenvalue weighted by atomic mass is 8.87. The van der Waals surface area contributed by atoms with Gasteiger partial charge in [0.1, 0.15) is 0 Å². The lowest BCUT2D eigenvalue weighted by Gasteiger charge is -2.13. The minimum atomic E-state index is 0.554. The molecule has 0 aliphatic carbocycles. The van der Waals surface area contributed by atoms with Crippen LogP contribution in [-0.2, 0) is 0 Å². The third-order valence-corrected chi connectivity index (χ3v) is 4.50. The molecule has 0 amide bonds. The van der Waals surface area contributed by atoms with E-state index in [2.05, 4.69) is 68.4 Å². The van der Waals surface area contributed by atoms with E-state index in [0.717, 1.165) is 0 Å². The van der Waals surface area contributed by atoms with Crippen molar-refractivity contribution in [3.63, 3.8) is 0 Å². The summed E-state index contributed by atoms with van der Waals surface area (Å²) >= 11 is 0. The highest BCUT2D eigenvalue weighted by atomic mass is 13.9. The molecule has 22 heavy (non-hydrogen) atoms. The van der Waals surface area contributed by atoms with E-state index in [9.17, 15) is 0 Å². The largest absolute Gasteiger partial charge is 0.166 e. The van der Waals surface area contributed by atoms with E-state index in [4.69, 9.17) is 0 Å². The Labute approximate surface area is 142 Å². The average molecular weight is 272 g/mol. The van der Waals surface area contributed by atoms with E-state index >= 15 is 0 Å². The summed E-state index contributed by atoms with van der Waals surface area (Å²) < 4.78 is 0. The summed E-state index contributed by atoms with van der Waals surface area (Å²) in [6.45, 7) is 0.554. The number of hydrogen-bond acceptors (Lipinski definition) is 0. The fourth-order valence-electron chi connectivity index (χ4n) is 3.20. The van der Waals surface area contributed by atoms with E-state index < -0.39 is 0 Å². The van der Waals surface area contributed by atoms with Gasteiger partial charge in [0.05, 0.1) is 14.8 Å². The molecule has 0 aromatic heterocycles. The Morgan fingerprint density at radius 2 is 1.05 bits per heavy atom. The molecule has 0 N–H and O–H groups in total. The number of hydrogen-bond donors (Lipinski definition) is 0. The SMILES string of the molecule is BBBBBBBBBB(c1ccccc1)c1ccccc1. The normalized spacial score (nSPS) is 9.09. The molecule has 0 saturated carbocycles. The first-order valence-electron chi connectivity index (χ1n) is 9.01. The molecule has 0 fully saturated rings. The maximum Gasteiger partial charge on any atom is 0.166 e. The summed E-state index contributed by atoms with van der Waals surface area (Å²) in [5, 5.41) is 0. The summed E-state index contributed by atoms with van der Waals surface area (Å²) in [5.41, 5.74) is 2.92. The van der Waals surface area contributed by atoms with Crippen molar-refractivity contribution >= 4 is 81.8 Å². The van der Waals surface area contributed by atoms with Gasteiger partial charge in [-0.25, -0.2) is 0 Å². The molecule has 98 valence electrons. The van der Waals surface area contributed by atoms with Crippen molar-refractivity contribution in [1.29, 1.82) is 0 Å². The van der Waals surface area contributed by atoms with Crippen LogP contribution in [0.5, 0.6) is 0 Å². The fourth-order valence-corrected chi connectivity index (χ4v) is 3.20. The second-order valence-corrected chi connectivity index (χ2v) is 6.28. The molecule has 0 nitrogen and oxygen atoms in total. The first-order chi connectivity index (χ1) is 10.9. The molecule has 2 aromatic rings. The highest BCUT2D eigenvalue weighted by Crippen LogP contribution is 1.91. The van der Waals surface area contributed by atoms with Crippen molar-refractivity contribution in [2.75, 3.05) is 0 Å². The van der Waals surface area contributed by atoms with E-state index in [1.165, 1.54) is 67.4 Å². The predicted octanol–water partition coefficient (Wildman–Crippen LogP) is -4.76. The maximum absolute atomic E-state index is 2.28. The molecule has 0 unspecified atom stereocenters. The Morgan fingerprint density at radius 3 is 1.55 bits per heavy atom. The van der Waals surface area contributed by atoms with Crippen molar-refractivity contribution in [3.05, 3.63) is 60.7 Å². The molecule has 0 atom stereocenters. The molecule has 2 aromatic carbocycles. The second-order valence-electron chi connectivity index (χ2n) is 6.28. The summed E-state index contributed by atoms with van der Waals surface area (Å²) in [6, 6.07) is 22.0. The highest BCUT2D eigenvalue weighted by Gasteiger charge is 2.18. The molecule has 2 rings (SSSR count). The zero-order chi connectivity index (χ0) is 15.5. The van der Waals surface area contributed by atoms with Crippen LogP contribution >= 0.6 is 0 Å². The standard InChI is InChI=1S/C12H20B10/c13-14-15-16-17-18-19-20-21-22(11-7-3-1-4-8-11)12-9-5-2-6-10-12/h1-10,14-21H,13H2. The van der Waals surface area contributed by atoms with E-state index in [0.29, 0.717) is 6.60 Å². The van der Waals surface area contributed by atoms with E-state index in [1.54, 1.807) is 0 Å². The monoisotopic (exact) mass is 274 g/mol. The van der Waals surface area contributed by atoms with Crippen LogP contribution in [0.1, 0.15) is 0 Å². The van der Waals surface area contributed by atoms with Crippen molar-refractivity contribution in [3.8, 4) is 0 Å². The summed E-state index contributed by atoms with van der Waals surface area (Å²) in [4.78, 5) is 0. The summed E-state index contributed by atoms with van der Waals surface area (Å²) in [5.74, 6) is 0. The van der Waals surface area contributed by atoms with Gasteiger partial charge in [0.2, 0.25) is 0 Å². The molecule has 0 aliphatic rings. The Hall–Kier alpha value is -0.911. The smallest absolute Gasteiger partial charge is 0.0836 e. The minimum Gasteiger partial charge on any atom is -0.0836 e.